The third-order valence-electron chi connectivity index (χ3n) is 4.19. The molecule has 1 N–H and O–H groups in total. The number of carbonyl (C=O) groups excluding carboxylic acids is 2. The maximum Gasteiger partial charge on any atom is 0.255 e. The van der Waals surface area contributed by atoms with E-state index >= 15 is 0 Å². The van der Waals surface area contributed by atoms with Gasteiger partial charge in [-0.25, -0.2) is 0 Å². The third-order valence-corrected chi connectivity index (χ3v) is 4.19. The fourth-order valence-corrected chi connectivity index (χ4v) is 2.64. The van der Waals surface area contributed by atoms with E-state index in [0.29, 0.717) is 23.4 Å². The van der Waals surface area contributed by atoms with Gasteiger partial charge in [0.1, 0.15) is 5.75 Å². The lowest BCUT2D eigenvalue weighted by Crippen LogP contribution is -2.24. The first-order valence-corrected chi connectivity index (χ1v) is 9.37. The van der Waals surface area contributed by atoms with Crippen LogP contribution < -0.4 is 10.1 Å². The molecule has 0 saturated heterocycles. The first kappa shape index (κ1) is 20.5. The van der Waals surface area contributed by atoms with Crippen LogP contribution in [0.15, 0.2) is 48.5 Å². The highest BCUT2D eigenvalue weighted by molar-refractivity contribution is 6.08. The molecule has 0 fully saturated rings. The van der Waals surface area contributed by atoms with E-state index < -0.39 is 0 Å². The Kier molecular flexibility index (Phi) is 7.86. The number of nitrogens with zero attached hydrogens (tertiary/aromatic N) is 1. The maximum absolute atomic E-state index is 12.5. The molecule has 0 atom stereocenters. The normalized spacial score (nSPS) is 10.3. The van der Waals surface area contributed by atoms with Crippen molar-refractivity contribution in [3.05, 3.63) is 59.7 Å². The first-order chi connectivity index (χ1) is 13.0. The van der Waals surface area contributed by atoms with Gasteiger partial charge < -0.3 is 15.0 Å². The van der Waals surface area contributed by atoms with Crippen LogP contribution in [0.5, 0.6) is 5.75 Å². The second kappa shape index (κ2) is 10.4. The van der Waals surface area contributed by atoms with Crippen molar-refractivity contribution in [1.29, 1.82) is 0 Å². The smallest absolute Gasteiger partial charge is 0.255 e. The zero-order valence-electron chi connectivity index (χ0n) is 16.3. The quantitative estimate of drug-likeness (QED) is 0.658. The van der Waals surface area contributed by atoms with Gasteiger partial charge in [-0.15, -0.1) is 0 Å². The molecule has 0 unspecified atom stereocenters. The second-order valence-electron chi connectivity index (χ2n) is 6.63. The molecule has 0 aromatic heterocycles. The van der Waals surface area contributed by atoms with Crippen molar-refractivity contribution in [1.82, 2.24) is 4.90 Å². The average Bonchev–Trinajstić information content (AvgIpc) is 2.68. The Morgan fingerprint density at radius 2 is 1.67 bits per heavy atom. The highest BCUT2D eigenvalue weighted by Gasteiger charge is 2.15. The van der Waals surface area contributed by atoms with Crippen molar-refractivity contribution in [3.8, 4) is 5.75 Å². The molecular formula is C22H28N2O3. The fraction of sp³-hybridized carbons (Fsp3) is 0.364. The van der Waals surface area contributed by atoms with E-state index in [4.69, 9.17) is 4.74 Å². The molecule has 2 rings (SSSR count). The number of carbonyl (C=O) groups is 2. The van der Waals surface area contributed by atoms with Crippen LogP contribution in [0.1, 0.15) is 53.3 Å². The predicted molar refractivity (Wildman–Crippen MR) is 108 cm³/mol. The summed E-state index contributed by atoms with van der Waals surface area (Å²) < 4.78 is 5.70. The Balaban J connectivity index is 1.98. The summed E-state index contributed by atoms with van der Waals surface area (Å²) in [7, 11) is 3.36. The van der Waals surface area contributed by atoms with Gasteiger partial charge in [-0.2, -0.15) is 0 Å². The number of nitrogens with one attached hydrogen (secondary N) is 1. The molecule has 0 saturated carbocycles. The maximum atomic E-state index is 12.5. The number of benzene rings is 2. The van der Waals surface area contributed by atoms with Gasteiger partial charge in [0.05, 0.1) is 17.9 Å². The van der Waals surface area contributed by atoms with Crippen LogP contribution >= 0.6 is 0 Å². The van der Waals surface area contributed by atoms with E-state index in [0.717, 1.165) is 12.2 Å². The summed E-state index contributed by atoms with van der Waals surface area (Å²) in [6, 6.07) is 14.0. The van der Waals surface area contributed by atoms with Crippen LogP contribution in [-0.2, 0) is 0 Å². The number of ether oxygens (including phenoxy) is 1. The number of hydrogen-bond acceptors (Lipinski definition) is 3. The van der Waals surface area contributed by atoms with Gasteiger partial charge in [-0.3, -0.25) is 9.59 Å². The molecular weight excluding hydrogens is 340 g/mol. The average molecular weight is 368 g/mol. The lowest BCUT2D eigenvalue weighted by molar-refractivity contribution is 0.0828. The van der Waals surface area contributed by atoms with E-state index in [1.54, 1.807) is 62.6 Å². The highest BCUT2D eigenvalue weighted by Crippen LogP contribution is 2.19. The molecule has 0 aliphatic heterocycles. The summed E-state index contributed by atoms with van der Waals surface area (Å²) in [4.78, 5) is 26.3. The summed E-state index contributed by atoms with van der Waals surface area (Å²) in [5.41, 5.74) is 1.47. The number of hydrogen-bond donors (Lipinski definition) is 1. The SMILES string of the molecule is CCCCCCOc1ccc(C(=O)Nc2ccccc2C(=O)N(C)C)cc1. The second-order valence-corrected chi connectivity index (χ2v) is 6.63. The van der Waals surface area contributed by atoms with Crippen molar-refractivity contribution < 1.29 is 14.3 Å². The van der Waals surface area contributed by atoms with E-state index in [2.05, 4.69) is 12.2 Å². The molecule has 0 spiro atoms. The van der Waals surface area contributed by atoms with Crippen LogP contribution in [0.3, 0.4) is 0 Å². The Morgan fingerprint density at radius 3 is 2.33 bits per heavy atom. The number of rotatable bonds is 9. The summed E-state index contributed by atoms with van der Waals surface area (Å²) >= 11 is 0. The topological polar surface area (TPSA) is 58.6 Å². The summed E-state index contributed by atoms with van der Waals surface area (Å²) in [6.07, 6.45) is 4.63. The largest absolute Gasteiger partial charge is 0.494 e. The number of anilines is 1. The molecule has 0 aliphatic rings. The van der Waals surface area contributed by atoms with Crippen LogP contribution in [0.2, 0.25) is 0 Å². The number of para-hydroxylation sites is 1. The minimum atomic E-state index is -0.261. The molecule has 0 radical (unpaired) electrons. The van der Waals surface area contributed by atoms with Crippen molar-refractivity contribution in [2.24, 2.45) is 0 Å². The lowest BCUT2D eigenvalue weighted by Gasteiger charge is -2.14. The minimum Gasteiger partial charge on any atom is -0.494 e. The van der Waals surface area contributed by atoms with E-state index in [-0.39, 0.29) is 11.8 Å². The standard InChI is InChI=1S/C22H28N2O3/c1-4-5-6-9-16-27-18-14-12-17(13-15-18)21(25)23-20-11-8-7-10-19(20)22(26)24(2)3/h7-8,10-15H,4-6,9,16H2,1-3H3,(H,23,25). The zero-order chi connectivity index (χ0) is 19.6. The molecule has 2 aromatic rings. The number of unbranched alkanes of at least 4 members (excludes halogenated alkanes) is 3. The minimum absolute atomic E-state index is 0.155. The van der Waals surface area contributed by atoms with Crippen LogP contribution in [0.25, 0.3) is 0 Å². The molecule has 5 heteroatoms. The van der Waals surface area contributed by atoms with E-state index in [9.17, 15) is 9.59 Å². The predicted octanol–water partition coefficient (Wildman–Crippen LogP) is 4.60. The number of amides is 2. The zero-order valence-corrected chi connectivity index (χ0v) is 16.3. The molecule has 0 aliphatic carbocycles. The van der Waals surface area contributed by atoms with Crippen molar-refractivity contribution in [2.75, 3.05) is 26.0 Å². The molecule has 0 bridgehead atoms. The van der Waals surface area contributed by atoms with Gasteiger partial charge in [0, 0.05) is 19.7 Å². The fourth-order valence-electron chi connectivity index (χ4n) is 2.64. The van der Waals surface area contributed by atoms with E-state index in [1.807, 2.05) is 0 Å². The van der Waals surface area contributed by atoms with Crippen LogP contribution in [-0.4, -0.2) is 37.4 Å². The summed E-state index contributed by atoms with van der Waals surface area (Å²) in [6.45, 7) is 2.87. The van der Waals surface area contributed by atoms with Gasteiger partial charge in [-0.1, -0.05) is 38.3 Å². The Hall–Kier alpha value is -2.82. The third kappa shape index (κ3) is 6.13. The Morgan fingerprint density at radius 1 is 0.963 bits per heavy atom. The van der Waals surface area contributed by atoms with E-state index in [1.165, 1.54) is 24.2 Å². The highest BCUT2D eigenvalue weighted by atomic mass is 16.5. The van der Waals surface area contributed by atoms with Crippen LogP contribution in [0, 0.1) is 0 Å². The molecule has 2 aromatic carbocycles. The van der Waals surface area contributed by atoms with Gasteiger partial charge in [0.25, 0.3) is 11.8 Å². The molecule has 2 amide bonds. The van der Waals surface area contributed by atoms with Crippen molar-refractivity contribution >= 4 is 17.5 Å². The summed E-state index contributed by atoms with van der Waals surface area (Å²) in [5.74, 6) is 0.340. The van der Waals surface area contributed by atoms with Crippen LogP contribution in [0.4, 0.5) is 5.69 Å². The molecule has 144 valence electrons. The van der Waals surface area contributed by atoms with Gasteiger partial charge >= 0.3 is 0 Å². The monoisotopic (exact) mass is 368 g/mol. The molecule has 27 heavy (non-hydrogen) atoms. The van der Waals surface area contributed by atoms with Crippen molar-refractivity contribution in [2.45, 2.75) is 32.6 Å². The van der Waals surface area contributed by atoms with Gasteiger partial charge in [0.15, 0.2) is 0 Å². The Labute approximate surface area is 161 Å². The molecule has 5 nitrogen and oxygen atoms in total. The first-order valence-electron chi connectivity index (χ1n) is 9.37. The molecule has 0 heterocycles. The van der Waals surface area contributed by atoms with Crippen molar-refractivity contribution in [3.63, 3.8) is 0 Å². The Bertz CT molecular complexity index is 754. The lowest BCUT2D eigenvalue weighted by atomic mass is 10.1. The van der Waals surface area contributed by atoms with Gasteiger partial charge in [-0.05, 0) is 42.8 Å². The summed E-state index contributed by atoms with van der Waals surface area (Å²) in [5, 5.41) is 2.82. The van der Waals surface area contributed by atoms with Gasteiger partial charge in [0.2, 0.25) is 0 Å².